The molecule has 5 nitrogen and oxygen atoms in total. The summed E-state index contributed by atoms with van der Waals surface area (Å²) in [6.07, 6.45) is 5.27. The Bertz CT molecular complexity index is 1680. The molecule has 0 bridgehead atoms. The second-order valence-electron chi connectivity index (χ2n) is 11.9. The third kappa shape index (κ3) is 6.49. The van der Waals surface area contributed by atoms with Crippen LogP contribution in [-0.2, 0) is 0 Å². The molecule has 1 saturated carbocycles. The highest BCUT2D eigenvalue weighted by Gasteiger charge is 2.30. The maximum Gasteiger partial charge on any atom is 0.163 e. The van der Waals surface area contributed by atoms with Gasteiger partial charge in [-0.2, -0.15) is 5.26 Å². The van der Waals surface area contributed by atoms with Crippen LogP contribution in [0.3, 0.4) is 0 Å². The summed E-state index contributed by atoms with van der Waals surface area (Å²) in [7, 11) is 0. The third-order valence-corrected chi connectivity index (χ3v) is 9.90. The number of phenols is 1. The Hall–Kier alpha value is -3.82. The molecule has 224 valence electrons. The van der Waals surface area contributed by atoms with Crippen LogP contribution < -0.4 is 4.90 Å². The second kappa shape index (κ2) is 13.4. The normalized spacial score (nSPS) is 16.5. The lowest BCUT2D eigenvalue weighted by atomic mass is 9.90. The number of carbonyl (C=O) groups excluding carboxylic acids is 1. The molecule has 0 amide bonds. The van der Waals surface area contributed by atoms with Crippen LogP contribution in [0.2, 0.25) is 10.0 Å². The molecule has 2 fully saturated rings. The molecule has 6 rings (SSSR count). The zero-order valence-corrected chi connectivity index (χ0v) is 26.1. The van der Waals surface area contributed by atoms with Gasteiger partial charge in [0, 0.05) is 43.7 Å². The van der Waals surface area contributed by atoms with Crippen molar-refractivity contribution in [2.75, 3.05) is 31.1 Å². The Morgan fingerprint density at radius 3 is 2.32 bits per heavy atom. The van der Waals surface area contributed by atoms with E-state index < -0.39 is 0 Å². The topological polar surface area (TPSA) is 67.6 Å². The summed E-state index contributed by atoms with van der Waals surface area (Å²) in [5, 5.41) is 21.7. The van der Waals surface area contributed by atoms with E-state index in [-0.39, 0.29) is 17.6 Å². The number of nitriles is 1. The molecular weight excluding hydrogens is 589 g/mol. The molecule has 0 aromatic heterocycles. The lowest BCUT2D eigenvalue weighted by Crippen LogP contribution is -2.48. The minimum Gasteiger partial charge on any atom is -0.508 e. The largest absolute Gasteiger partial charge is 0.508 e. The maximum atomic E-state index is 13.4. The van der Waals surface area contributed by atoms with Gasteiger partial charge >= 0.3 is 0 Å². The van der Waals surface area contributed by atoms with E-state index in [1.807, 2.05) is 54.6 Å². The molecular formula is C37H35Cl2N3O2. The van der Waals surface area contributed by atoms with Crippen molar-refractivity contribution in [3.8, 4) is 22.9 Å². The van der Waals surface area contributed by atoms with Crippen LogP contribution in [0.15, 0.2) is 84.9 Å². The second-order valence-corrected chi connectivity index (χ2v) is 12.6. The van der Waals surface area contributed by atoms with Crippen molar-refractivity contribution in [1.29, 1.82) is 5.26 Å². The molecule has 4 aromatic rings. The van der Waals surface area contributed by atoms with Gasteiger partial charge in [0.15, 0.2) is 5.78 Å². The predicted octanol–water partition coefficient (Wildman–Crippen LogP) is 8.91. The van der Waals surface area contributed by atoms with Gasteiger partial charge in [-0.05, 0) is 65.1 Å². The first-order valence-corrected chi connectivity index (χ1v) is 16.1. The van der Waals surface area contributed by atoms with E-state index in [4.69, 9.17) is 23.2 Å². The molecule has 1 unspecified atom stereocenters. The Balaban J connectivity index is 1.35. The average Bonchev–Trinajstić information content (AvgIpc) is 3.57. The molecule has 4 aromatic carbocycles. The predicted molar refractivity (Wildman–Crippen MR) is 178 cm³/mol. The number of rotatable bonds is 8. The summed E-state index contributed by atoms with van der Waals surface area (Å²) in [4.78, 5) is 18.0. The molecule has 1 N–H and O–H groups in total. The molecule has 1 aliphatic heterocycles. The van der Waals surface area contributed by atoms with Crippen LogP contribution in [0.5, 0.6) is 5.75 Å². The zero-order valence-electron chi connectivity index (χ0n) is 24.6. The average molecular weight is 625 g/mol. The first kappa shape index (κ1) is 30.2. The standard InChI is InChI=1S/C37H35Cl2N3O2/c38-32-9-4-10-33(36(32)39)41-17-19-42(20-18-41)37(30-8-3-7-29(22-30)35(44)21-25-5-1-2-6-25)31-23-28(15-16-34(31)43)27-13-11-26(24-40)12-14-27/h3-4,7-16,22-23,25,37,43H,1-2,5-6,17-21H2. The third-order valence-electron chi connectivity index (χ3n) is 9.09. The summed E-state index contributed by atoms with van der Waals surface area (Å²) < 4.78 is 0. The quantitative estimate of drug-likeness (QED) is 0.198. The van der Waals surface area contributed by atoms with Crippen LogP contribution >= 0.6 is 23.2 Å². The highest BCUT2D eigenvalue weighted by molar-refractivity contribution is 6.43. The zero-order chi connectivity index (χ0) is 30.6. The van der Waals surface area contributed by atoms with Gasteiger partial charge in [0.05, 0.1) is 33.4 Å². The van der Waals surface area contributed by atoms with E-state index in [1.54, 1.807) is 24.3 Å². The number of phenolic OH excluding ortho intramolecular Hbond substituents is 1. The molecule has 0 spiro atoms. The molecule has 1 saturated heterocycles. The summed E-state index contributed by atoms with van der Waals surface area (Å²) in [6, 6.07) is 28.7. The fourth-order valence-electron chi connectivity index (χ4n) is 6.71. The number of piperazine rings is 1. The number of hydrogen-bond donors (Lipinski definition) is 1. The number of nitrogens with zero attached hydrogens (tertiary/aromatic N) is 3. The fraction of sp³-hybridized carbons (Fsp3) is 0.297. The van der Waals surface area contributed by atoms with Crippen molar-refractivity contribution in [3.05, 3.63) is 117 Å². The fourth-order valence-corrected chi connectivity index (χ4v) is 7.13. The van der Waals surface area contributed by atoms with E-state index in [9.17, 15) is 15.2 Å². The van der Waals surface area contributed by atoms with Gasteiger partial charge in [-0.15, -0.1) is 0 Å². The lowest BCUT2D eigenvalue weighted by molar-refractivity contribution is 0.0962. The Kier molecular flexibility index (Phi) is 9.23. The van der Waals surface area contributed by atoms with Crippen LogP contribution in [0.4, 0.5) is 5.69 Å². The van der Waals surface area contributed by atoms with Gasteiger partial charge in [-0.3, -0.25) is 9.69 Å². The van der Waals surface area contributed by atoms with Crippen molar-refractivity contribution in [2.45, 2.75) is 38.1 Å². The van der Waals surface area contributed by atoms with Crippen LogP contribution in [0, 0.1) is 17.2 Å². The number of ketones is 1. The molecule has 44 heavy (non-hydrogen) atoms. The van der Waals surface area contributed by atoms with E-state index in [0.29, 0.717) is 41.0 Å². The number of aromatic hydroxyl groups is 1. The van der Waals surface area contributed by atoms with Crippen molar-refractivity contribution < 1.29 is 9.90 Å². The van der Waals surface area contributed by atoms with Gasteiger partial charge in [0.25, 0.3) is 0 Å². The SMILES string of the molecule is N#Cc1ccc(-c2ccc(O)c(C(c3cccc(C(=O)CC4CCCC4)c3)N3CCN(c4cccc(Cl)c4Cl)CC3)c2)cc1. The van der Waals surface area contributed by atoms with Crippen LogP contribution in [0.25, 0.3) is 11.1 Å². The highest BCUT2D eigenvalue weighted by atomic mass is 35.5. The van der Waals surface area contributed by atoms with Gasteiger partial charge < -0.3 is 10.0 Å². The summed E-state index contributed by atoms with van der Waals surface area (Å²) in [6.45, 7) is 2.89. The summed E-state index contributed by atoms with van der Waals surface area (Å²) in [5.74, 6) is 0.866. The number of Topliss-reactive ketones (excluding diaryl/α,β-unsaturated/α-hetero) is 1. The molecule has 1 aliphatic carbocycles. The van der Waals surface area contributed by atoms with Gasteiger partial charge in [-0.1, -0.05) is 91.3 Å². The van der Waals surface area contributed by atoms with Gasteiger partial charge in [0.1, 0.15) is 5.75 Å². The Labute approximate surface area is 269 Å². The van der Waals surface area contributed by atoms with E-state index in [1.165, 1.54) is 12.8 Å². The number of carbonyl (C=O) groups is 1. The molecule has 1 atom stereocenters. The minimum atomic E-state index is -0.274. The summed E-state index contributed by atoms with van der Waals surface area (Å²) >= 11 is 12.9. The van der Waals surface area contributed by atoms with Gasteiger partial charge in [0.2, 0.25) is 0 Å². The molecule has 2 aliphatic rings. The first-order chi connectivity index (χ1) is 21.4. The number of benzene rings is 4. The lowest BCUT2D eigenvalue weighted by Gasteiger charge is -2.41. The van der Waals surface area contributed by atoms with Crippen molar-refractivity contribution in [3.63, 3.8) is 0 Å². The monoisotopic (exact) mass is 623 g/mol. The molecule has 0 radical (unpaired) electrons. The number of hydrogen-bond acceptors (Lipinski definition) is 5. The van der Waals surface area contributed by atoms with Gasteiger partial charge in [-0.25, -0.2) is 0 Å². The number of halogens is 2. The van der Waals surface area contributed by atoms with Crippen LogP contribution in [-0.4, -0.2) is 42.0 Å². The Morgan fingerprint density at radius 2 is 1.59 bits per heavy atom. The smallest absolute Gasteiger partial charge is 0.163 e. The van der Waals surface area contributed by atoms with Crippen LogP contribution in [0.1, 0.15) is 65.2 Å². The van der Waals surface area contributed by atoms with E-state index in [2.05, 4.69) is 21.9 Å². The van der Waals surface area contributed by atoms with Crippen molar-refractivity contribution in [2.24, 2.45) is 5.92 Å². The van der Waals surface area contributed by atoms with E-state index >= 15 is 0 Å². The van der Waals surface area contributed by atoms with Crippen molar-refractivity contribution in [1.82, 2.24) is 4.90 Å². The first-order valence-electron chi connectivity index (χ1n) is 15.3. The Morgan fingerprint density at radius 1 is 0.886 bits per heavy atom. The summed E-state index contributed by atoms with van der Waals surface area (Å²) in [5.41, 5.74) is 5.91. The molecule has 1 heterocycles. The minimum absolute atomic E-state index is 0.188. The molecule has 7 heteroatoms. The van der Waals surface area contributed by atoms with Crippen molar-refractivity contribution >= 4 is 34.7 Å². The number of anilines is 1. The highest BCUT2D eigenvalue weighted by Crippen LogP contribution is 2.40. The van der Waals surface area contributed by atoms with E-state index in [0.717, 1.165) is 59.4 Å². The maximum absolute atomic E-state index is 13.4.